The highest BCUT2D eigenvalue weighted by Gasteiger charge is 2.12. The Balaban J connectivity index is 1.86. The lowest BCUT2D eigenvalue weighted by Crippen LogP contribution is -2.22. The third-order valence-electron chi connectivity index (χ3n) is 3.66. The maximum atomic E-state index is 12.2. The molecule has 0 aliphatic rings. The molecule has 2 aromatic heterocycles. The Kier molecular flexibility index (Phi) is 6.38. The minimum absolute atomic E-state index is 0.0868. The lowest BCUT2D eigenvalue weighted by Gasteiger charge is -2.13. The summed E-state index contributed by atoms with van der Waals surface area (Å²) in [5, 5.41) is 10.6. The van der Waals surface area contributed by atoms with Gasteiger partial charge in [0, 0.05) is 24.2 Å². The van der Waals surface area contributed by atoms with Crippen molar-refractivity contribution in [2.45, 2.75) is 46.3 Å². The molecular weight excluding hydrogens is 370 g/mol. The Bertz CT molecular complexity index is 975. The molecule has 0 atom stereocenters. The number of hydrogen-bond donors (Lipinski definition) is 2. The molecule has 2 heterocycles. The molecule has 2 N–H and O–H groups in total. The molecule has 3 rings (SSSR count). The number of nitrogens with one attached hydrogen (secondary N) is 2. The molecule has 9 heteroatoms. The summed E-state index contributed by atoms with van der Waals surface area (Å²) in [5.74, 6) is 1.01. The zero-order chi connectivity index (χ0) is 20.8. The summed E-state index contributed by atoms with van der Waals surface area (Å²) in [6.45, 7) is 8.29. The SMILES string of the molecule is CC(C)Nc1nc(NC(C)C)nc(Oc2ccc(=O)n(Cc3ccccc3)n2)n1. The van der Waals surface area contributed by atoms with Crippen LogP contribution in [0.25, 0.3) is 0 Å². The van der Waals surface area contributed by atoms with Crippen LogP contribution < -0.4 is 20.9 Å². The molecular formula is C20H25N7O2. The summed E-state index contributed by atoms with van der Waals surface area (Å²) in [6, 6.07) is 12.9. The summed E-state index contributed by atoms with van der Waals surface area (Å²) in [5.41, 5.74) is 0.743. The van der Waals surface area contributed by atoms with E-state index in [1.807, 2.05) is 58.0 Å². The molecule has 0 saturated carbocycles. The molecule has 0 spiro atoms. The normalized spacial score (nSPS) is 11.0. The molecule has 0 aliphatic heterocycles. The van der Waals surface area contributed by atoms with Crippen LogP contribution in [0.4, 0.5) is 11.9 Å². The van der Waals surface area contributed by atoms with Crippen LogP contribution in [0, 0.1) is 0 Å². The Labute approximate surface area is 169 Å². The first kappa shape index (κ1) is 20.2. The zero-order valence-electron chi connectivity index (χ0n) is 17.0. The van der Waals surface area contributed by atoms with Crippen LogP contribution in [0.5, 0.6) is 11.9 Å². The van der Waals surface area contributed by atoms with Crippen LogP contribution in [-0.4, -0.2) is 36.8 Å². The first-order valence-corrected chi connectivity index (χ1v) is 9.48. The minimum Gasteiger partial charge on any atom is -0.403 e. The van der Waals surface area contributed by atoms with Gasteiger partial charge in [0.1, 0.15) is 0 Å². The van der Waals surface area contributed by atoms with Gasteiger partial charge in [0.15, 0.2) is 0 Å². The van der Waals surface area contributed by atoms with Crippen molar-refractivity contribution in [1.82, 2.24) is 24.7 Å². The van der Waals surface area contributed by atoms with Crippen molar-refractivity contribution in [3.8, 4) is 11.9 Å². The maximum Gasteiger partial charge on any atom is 0.330 e. The predicted molar refractivity (Wildman–Crippen MR) is 111 cm³/mol. The molecule has 152 valence electrons. The topological polar surface area (TPSA) is 107 Å². The Morgan fingerprint density at radius 2 is 1.52 bits per heavy atom. The second kappa shape index (κ2) is 9.13. The summed E-state index contributed by atoms with van der Waals surface area (Å²) < 4.78 is 7.08. The van der Waals surface area contributed by atoms with E-state index in [1.54, 1.807) is 0 Å². The van der Waals surface area contributed by atoms with Gasteiger partial charge in [-0.05, 0) is 33.3 Å². The maximum absolute atomic E-state index is 12.2. The standard InChI is InChI=1S/C20H25N7O2/c1-13(2)21-18-23-19(22-14(3)4)25-20(24-18)29-16-10-11-17(28)27(26-16)12-15-8-6-5-7-9-15/h5-11,13-14H,12H2,1-4H3,(H2,21,22,23,24,25). The van der Waals surface area contributed by atoms with Crippen LogP contribution in [0.2, 0.25) is 0 Å². The first-order valence-electron chi connectivity index (χ1n) is 9.48. The van der Waals surface area contributed by atoms with Crippen LogP contribution in [0.3, 0.4) is 0 Å². The largest absolute Gasteiger partial charge is 0.403 e. The van der Waals surface area contributed by atoms with Gasteiger partial charge in [0.25, 0.3) is 5.56 Å². The minimum atomic E-state index is -0.221. The van der Waals surface area contributed by atoms with E-state index in [1.165, 1.54) is 16.8 Å². The predicted octanol–water partition coefficient (Wildman–Crippen LogP) is 2.91. The fourth-order valence-corrected chi connectivity index (χ4v) is 2.50. The number of rotatable bonds is 8. The van der Waals surface area contributed by atoms with Crippen molar-refractivity contribution in [3.63, 3.8) is 0 Å². The van der Waals surface area contributed by atoms with Crippen LogP contribution in [-0.2, 0) is 6.54 Å². The van der Waals surface area contributed by atoms with Crippen molar-refractivity contribution in [1.29, 1.82) is 0 Å². The lowest BCUT2D eigenvalue weighted by atomic mass is 10.2. The summed E-state index contributed by atoms with van der Waals surface area (Å²) >= 11 is 0. The number of aromatic nitrogens is 5. The van der Waals surface area contributed by atoms with Gasteiger partial charge in [0.2, 0.25) is 17.8 Å². The number of hydrogen-bond acceptors (Lipinski definition) is 8. The quantitative estimate of drug-likeness (QED) is 0.600. The summed E-state index contributed by atoms with van der Waals surface area (Å²) in [4.78, 5) is 25.1. The average molecular weight is 395 g/mol. The highest BCUT2D eigenvalue weighted by molar-refractivity contribution is 5.37. The second-order valence-electron chi connectivity index (χ2n) is 7.12. The van der Waals surface area contributed by atoms with Crippen molar-refractivity contribution in [2.75, 3.05) is 10.6 Å². The number of nitrogens with zero attached hydrogens (tertiary/aromatic N) is 5. The number of anilines is 2. The van der Waals surface area contributed by atoms with Crippen LogP contribution in [0.1, 0.15) is 33.3 Å². The van der Waals surface area contributed by atoms with Gasteiger partial charge in [-0.15, -0.1) is 5.10 Å². The highest BCUT2D eigenvalue weighted by Crippen LogP contribution is 2.18. The Morgan fingerprint density at radius 1 is 0.897 bits per heavy atom. The lowest BCUT2D eigenvalue weighted by molar-refractivity contribution is 0.403. The molecule has 3 aromatic rings. The van der Waals surface area contributed by atoms with E-state index in [9.17, 15) is 4.79 Å². The van der Waals surface area contributed by atoms with Crippen molar-refractivity contribution in [2.24, 2.45) is 0 Å². The monoisotopic (exact) mass is 395 g/mol. The summed E-state index contributed by atoms with van der Waals surface area (Å²) in [7, 11) is 0. The molecule has 29 heavy (non-hydrogen) atoms. The summed E-state index contributed by atoms with van der Waals surface area (Å²) in [6.07, 6.45) is 0. The highest BCUT2D eigenvalue weighted by atomic mass is 16.5. The molecule has 1 aromatic carbocycles. The van der Waals surface area contributed by atoms with Crippen LogP contribution in [0.15, 0.2) is 47.3 Å². The van der Waals surface area contributed by atoms with Gasteiger partial charge in [-0.2, -0.15) is 15.0 Å². The second-order valence-corrected chi connectivity index (χ2v) is 7.12. The van der Waals surface area contributed by atoms with Gasteiger partial charge >= 0.3 is 6.01 Å². The van der Waals surface area contributed by atoms with Crippen molar-refractivity contribution in [3.05, 3.63) is 58.4 Å². The third-order valence-corrected chi connectivity index (χ3v) is 3.66. The zero-order valence-corrected chi connectivity index (χ0v) is 17.0. The number of ether oxygens (including phenoxy) is 1. The Morgan fingerprint density at radius 3 is 2.10 bits per heavy atom. The molecule has 9 nitrogen and oxygen atoms in total. The van der Waals surface area contributed by atoms with Gasteiger partial charge in [-0.25, -0.2) is 4.68 Å². The fraction of sp³-hybridized carbons (Fsp3) is 0.350. The first-order chi connectivity index (χ1) is 13.9. The molecule has 0 bridgehead atoms. The van der Waals surface area contributed by atoms with E-state index >= 15 is 0 Å². The van der Waals surface area contributed by atoms with Gasteiger partial charge in [0.05, 0.1) is 6.54 Å². The third kappa shape index (κ3) is 6.00. The van der Waals surface area contributed by atoms with E-state index in [2.05, 4.69) is 30.7 Å². The van der Waals surface area contributed by atoms with Gasteiger partial charge < -0.3 is 15.4 Å². The molecule has 0 aliphatic carbocycles. The fourth-order valence-electron chi connectivity index (χ4n) is 2.50. The van der Waals surface area contributed by atoms with Crippen LogP contribution >= 0.6 is 0 Å². The molecule has 0 unspecified atom stereocenters. The number of benzene rings is 1. The van der Waals surface area contributed by atoms with Crippen molar-refractivity contribution >= 4 is 11.9 Å². The van der Waals surface area contributed by atoms with E-state index in [0.717, 1.165) is 5.56 Å². The van der Waals surface area contributed by atoms with Crippen molar-refractivity contribution < 1.29 is 4.74 Å². The Hall–Kier alpha value is -3.49. The van der Waals surface area contributed by atoms with E-state index < -0.39 is 0 Å². The molecule has 0 saturated heterocycles. The van der Waals surface area contributed by atoms with Gasteiger partial charge in [-0.3, -0.25) is 4.79 Å². The molecule has 0 radical (unpaired) electrons. The molecule has 0 fully saturated rings. The van der Waals surface area contributed by atoms with E-state index in [-0.39, 0.29) is 29.5 Å². The average Bonchev–Trinajstić information content (AvgIpc) is 2.64. The van der Waals surface area contributed by atoms with Gasteiger partial charge in [-0.1, -0.05) is 30.3 Å². The smallest absolute Gasteiger partial charge is 0.330 e. The molecule has 0 amide bonds. The van der Waals surface area contributed by atoms with E-state index in [0.29, 0.717) is 18.4 Å². The van der Waals surface area contributed by atoms with E-state index in [4.69, 9.17) is 4.74 Å².